The number of aromatic amines is 1. The molecule has 0 unspecified atom stereocenters. The predicted molar refractivity (Wildman–Crippen MR) is 84.3 cm³/mol. The molecule has 1 aliphatic rings. The van der Waals surface area contributed by atoms with E-state index in [0.717, 1.165) is 31.0 Å². The molecule has 1 aliphatic heterocycles. The van der Waals surface area contributed by atoms with Crippen molar-refractivity contribution < 1.29 is 0 Å². The van der Waals surface area contributed by atoms with Gasteiger partial charge in [0.15, 0.2) is 0 Å². The van der Waals surface area contributed by atoms with E-state index in [-0.39, 0.29) is 0 Å². The molecule has 1 saturated heterocycles. The lowest BCUT2D eigenvalue weighted by Gasteiger charge is -2.31. The lowest BCUT2D eigenvalue weighted by atomic mass is 9.89. The van der Waals surface area contributed by atoms with Crippen LogP contribution in [0.15, 0.2) is 30.7 Å². The van der Waals surface area contributed by atoms with Crippen LogP contribution in [0.25, 0.3) is 11.0 Å². The van der Waals surface area contributed by atoms with Crippen molar-refractivity contribution in [3.05, 3.63) is 42.0 Å². The highest BCUT2D eigenvalue weighted by Gasteiger charge is 2.23. The molecule has 0 bridgehead atoms. The van der Waals surface area contributed by atoms with Crippen molar-refractivity contribution in [1.82, 2.24) is 29.9 Å². The summed E-state index contributed by atoms with van der Waals surface area (Å²) < 4.78 is 1.76. The van der Waals surface area contributed by atoms with Crippen LogP contribution in [0.3, 0.4) is 0 Å². The highest BCUT2D eigenvalue weighted by atomic mass is 15.4. The molecule has 0 atom stereocenters. The molecule has 3 aromatic heterocycles. The normalized spacial score (nSPS) is 17.3. The van der Waals surface area contributed by atoms with Crippen LogP contribution < -0.4 is 0 Å². The number of likely N-dealkylation sites (tertiary alicyclic amines) is 1. The second-order valence-corrected chi connectivity index (χ2v) is 6.08. The maximum Gasteiger partial charge on any atom is 0.137 e. The second-order valence-electron chi connectivity index (χ2n) is 6.08. The summed E-state index contributed by atoms with van der Waals surface area (Å²) in [6.07, 6.45) is 8.34. The van der Waals surface area contributed by atoms with Crippen LogP contribution in [0.4, 0.5) is 0 Å². The average molecular weight is 296 g/mol. The summed E-state index contributed by atoms with van der Waals surface area (Å²) in [6.45, 7) is 3.11. The minimum absolute atomic E-state index is 0.621. The molecule has 4 rings (SSSR count). The Morgan fingerprint density at radius 3 is 2.95 bits per heavy atom. The molecule has 6 heteroatoms. The van der Waals surface area contributed by atoms with Gasteiger partial charge in [-0.1, -0.05) is 5.21 Å². The molecule has 6 nitrogen and oxygen atoms in total. The van der Waals surface area contributed by atoms with E-state index in [2.05, 4.69) is 37.4 Å². The Balaban J connectivity index is 1.43. The monoisotopic (exact) mass is 296 g/mol. The molecular weight excluding hydrogens is 276 g/mol. The average Bonchev–Trinajstić information content (AvgIpc) is 3.14. The summed E-state index contributed by atoms with van der Waals surface area (Å²) >= 11 is 0. The van der Waals surface area contributed by atoms with E-state index in [1.165, 1.54) is 23.8 Å². The SMILES string of the molecule is Cn1cc(CN2CCC(c3c[nH]c4ncccc34)CC2)nn1. The summed E-state index contributed by atoms with van der Waals surface area (Å²) in [7, 11) is 1.91. The highest BCUT2D eigenvalue weighted by molar-refractivity contribution is 5.80. The fourth-order valence-electron chi connectivity index (χ4n) is 3.41. The number of hydrogen-bond acceptors (Lipinski definition) is 4. The standard InChI is InChI=1S/C16H20N6/c1-21-10-13(19-20-21)11-22-7-4-12(5-8-22)15-9-18-16-14(15)3-2-6-17-16/h2-3,6,9-10,12H,4-5,7-8,11H2,1H3,(H,17,18). The van der Waals surface area contributed by atoms with Gasteiger partial charge < -0.3 is 4.98 Å². The minimum Gasteiger partial charge on any atom is -0.346 e. The largest absolute Gasteiger partial charge is 0.346 e. The Kier molecular flexibility index (Phi) is 3.38. The third kappa shape index (κ3) is 2.50. The molecule has 0 amide bonds. The molecule has 114 valence electrons. The van der Waals surface area contributed by atoms with Crippen LogP contribution in [0, 0.1) is 0 Å². The van der Waals surface area contributed by atoms with Gasteiger partial charge in [-0.15, -0.1) is 5.10 Å². The number of piperidine rings is 1. The van der Waals surface area contributed by atoms with E-state index in [9.17, 15) is 0 Å². The number of aryl methyl sites for hydroxylation is 1. The fraction of sp³-hybridized carbons (Fsp3) is 0.438. The van der Waals surface area contributed by atoms with Crippen LogP contribution in [0.1, 0.15) is 30.0 Å². The molecule has 0 aromatic carbocycles. The number of fused-ring (bicyclic) bond motifs is 1. The van der Waals surface area contributed by atoms with E-state index in [4.69, 9.17) is 0 Å². The van der Waals surface area contributed by atoms with Gasteiger partial charge in [0.1, 0.15) is 5.65 Å². The van der Waals surface area contributed by atoms with E-state index in [0.29, 0.717) is 5.92 Å². The molecule has 1 N–H and O–H groups in total. The van der Waals surface area contributed by atoms with Crippen LogP contribution in [-0.4, -0.2) is 43.0 Å². The lowest BCUT2D eigenvalue weighted by molar-refractivity contribution is 0.203. The van der Waals surface area contributed by atoms with Crippen molar-refractivity contribution >= 4 is 11.0 Å². The predicted octanol–water partition coefficient (Wildman–Crippen LogP) is 2.07. The first-order chi connectivity index (χ1) is 10.8. The Hall–Kier alpha value is -2.21. The third-order valence-corrected chi connectivity index (χ3v) is 4.55. The summed E-state index contributed by atoms with van der Waals surface area (Å²) in [5, 5.41) is 9.45. The molecular formula is C16H20N6. The van der Waals surface area contributed by atoms with Gasteiger partial charge >= 0.3 is 0 Å². The quantitative estimate of drug-likeness (QED) is 0.803. The van der Waals surface area contributed by atoms with E-state index in [1.54, 1.807) is 4.68 Å². The van der Waals surface area contributed by atoms with E-state index >= 15 is 0 Å². The molecule has 4 heterocycles. The fourth-order valence-corrected chi connectivity index (χ4v) is 3.41. The zero-order valence-electron chi connectivity index (χ0n) is 12.7. The number of H-pyrrole nitrogens is 1. The molecule has 0 radical (unpaired) electrons. The second kappa shape index (κ2) is 5.53. The van der Waals surface area contributed by atoms with Gasteiger partial charge in [-0.25, -0.2) is 4.98 Å². The zero-order chi connectivity index (χ0) is 14.9. The van der Waals surface area contributed by atoms with E-state index in [1.807, 2.05) is 25.5 Å². The summed E-state index contributed by atoms with van der Waals surface area (Å²) in [6, 6.07) is 4.18. The molecule has 22 heavy (non-hydrogen) atoms. The van der Waals surface area contributed by atoms with Crippen LogP contribution in [0.5, 0.6) is 0 Å². The van der Waals surface area contributed by atoms with Gasteiger partial charge in [0.2, 0.25) is 0 Å². The number of hydrogen-bond donors (Lipinski definition) is 1. The van der Waals surface area contributed by atoms with Crippen molar-refractivity contribution in [1.29, 1.82) is 0 Å². The summed E-state index contributed by atoms with van der Waals surface area (Å²) in [5.41, 5.74) is 3.47. The smallest absolute Gasteiger partial charge is 0.137 e. The number of nitrogens with one attached hydrogen (secondary N) is 1. The molecule has 0 aliphatic carbocycles. The summed E-state index contributed by atoms with van der Waals surface area (Å²) in [5.74, 6) is 0.621. The van der Waals surface area contributed by atoms with Crippen LogP contribution >= 0.6 is 0 Å². The first-order valence-corrected chi connectivity index (χ1v) is 7.79. The molecule has 3 aromatic rings. The zero-order valence-corrected chi connectivity index (χ0v) is 12.7. The molecule has 0 saturated carbocycles. The molecule has 1 fully saturated rings. The van der Waals surface area contributed by atoms with Crippen LogP contribution in [0.2, 0.25) is 0 Å². The first kappa shape index (κ1) is 13.5. The number of aromatic nitrogens is 5. The van der Waals surface area contributed by atoms with Gasteiger partial charge in [0, 0.05) is 37.6 Å². The van der Waals surface area contributed by atoms with Crippen molar-refractivity contribution in [2.45, 2.75) is 25.3 Å². The van der Waals surface area contributed by atoms with Gasteiger partial charge in [0.25, 0.3) is 0 Å². The van der Waals surface area contributed by atoms with Crippen LogP contribution in [-0.2, 0) is 13.6 Å². The minimum atomic E-state index is 0.621. The van der Waals surface area contributed by atoms with Crippen molar-refractivity contribution in [2.75, 3.05) is 13.1 Å². The Labute approximate surface area is 129 Å². The van der Waals surface area contributed by atoms with Gasteiger partial charge in [0.05, 0.1) is 5.69 Å². The first-order valence-electron chi connectivity index (χ1n) is 7.79. The number of rotatable bonds is 3. The topological polar surface area (TPSA) is 62.6 Å². The third-order valence-electron chi connectivity index (χ3n) is 4.55. The summed E-state index contributed by atoms with van der Waals surface area (Å²) in [4.78, 5) is 10.1. The van der Waals surface area contributed by atoms with Crippen molar-refractivity contribution in [3.63, 3.8) is 0 Å². The maximum absolute atomic E-state index is 4.39. The van der Waals surface area contributed by atoms with Gasteiger partial charge in [-0.2, -0.15) is 0 Å². The Bertz CT molecular complexity index is 766. The van der Waals surface area contributed by atoms with Crippen molar-refractivity contribution in [3.8, 4) is 0 Å². The molecule has 0 spiro atoms. The maximum atomic E-state index is 4.39. The Morgan fingerprint density at radius 1 is 1.32 bits per heavy atom. The lowest BCUT2D eigenvalue weighted by Crippen LogP contribution is -2.32. The highest BCUT2D eigenvalue weighted by Crippen LogP contribution is 2.32. The number of nitrogens with zero attached hydrogens (tertiary/aromatic N) is 5. The number of pyridine rings is 1. The Morgan fingerprint density at radius 2 is 2.18 bits per heavy atom. The van der Waals surface area contributed by atoms with Gasteiger partial charge in [-0.05, 0) is 49.5 Å². The van der Waals surface area contributed by atoms with Gasteiger partial charge in [-0.3, -0.25) is 9.58 Å². The van der Waals surface area contributed by atoms with Crippen molar-refractivity contribution in [2.24, 2.45) is 7.05 Å². The van der Waals surface area contributed by atoms with E-state index < -0.39 is 0 Å².